The molecule has 15 heavy (non-hydrogen) atoms. The lowest BCUT2D eigenvalue weighted by Gasteiger charge is -2.16. The SMILES string of the molecule is CONC1CCCOc2ccc(Br)cc21. The maximum Gasteiger partial charge on any atom is 0.124 e. The van der Waals surface area contributed by atoms with E-state index in [1.54, 1.807) is 7.11 Å². The van der Waals surface area contributed by atoms with Gasteiger partial charge in [0.2, 0.25) is 0 Å². The average molecular weight is 272 g/mol. The van der Waals surface area contributed by atoms with Crippen LogP contribution in [0.2, 0.25) is 0 Å². The van der Waals surface area contributed by atoms with E-state index in [4.69, 9.17) is 9.57 Å². The van der Waals surface area contributed by atoms with E-state index in [-0.39, 0.29) is 6.04 Å². The van der Waals surface area contributed by atoms with E-state index in [0.29, 0.717) is 0 Å². The molecule has 0 aromatic heterocycles. The summed E-state index contributed by atoms with van der Waals surface area (Å²) in [5, 5.41) is 0. The van der Waals surface area contributed by atoms with Crippen molar-refractivity contribution in [3.8, 4) is 5.75 Å². The average Bonchev–Trinajstić information content (AvgIpc) is 2.42. The zero-order valence-electron chi connectivity index (χ0n) is 8.63. The molecule has 1 aliphatic rings. The number of nitrogens with one attached hydrogen (secondary N) is 1. The van der Waals surface area contributed by atoms with Crippen LogP contribution in [-0.4, -0.2) is 13.7 Å². The Kier molecular flexibility index (Phi) is 3.61. The van der Waals surface area contributed by atoms with Crippen molar-refractivity contribution in [3.63, 3.8) is 0 Å². The summed E-state index contributed by atoms with van der Waals surface area (Å²) in [5.74, 6) is 0.949. The molecule has 0 saturated carbocycles. The van der Waals surface area contributed by atoms with Gasteiger partial charge in [0.1, 0.15) is 5.75 Å². The summed E-state index contributed by atoms with van der Waals surface area (Å²) in [4.78, 5) is 5.01. The summed E-state index contributed by atoms with van der Waals surface area (Å²) in [6.07, 6.45) is 2.06. The molecule has 1 aliphatic heterocycles. The van der Waals surface area contributed by atoms with Gasteiger partial charge in [0, 0.05) is 10.0 Å². The fourth-order valence-electron chi connectivity index (χ4n) is 1.81. The molecule has 1 N–H and O–H groups in total. The molecule has 1 atom stereocenters. The van der Waals surface area contributed by atoms with Gasteiger partial charge < -0.3 is 9.57 Å². The van der Waals surface area contributed by atoms with Gasteiger partial charge in [0.05, 0.1) is 19.8 Å². The first-order chi connectivity index (χ1) is 7.31. The topological polar surface area (TPSA) is 30.5 Å². The van der Waals surface area contributed by atoms with Crippen molar-refractivity contribution < 1.29 is 9.57 Å². The Morgan fingerprint density at radius 1 is 1.53 bits per heavy atom. The largest absolute Gasteiger partial charge is 0.493 e. The third-order valence-corrected chi connectivity index (χ3v) is 3.00. The van der Waals surface area contributed by atoms with E-state index in [2.05, 4.69) is 27.5 Å². The second-order valence-corrected chi connectivity index (χ2v) is 4.46. The van der Waals surface area contributed by atoms with Gasteiger partial charge in [-0.15, -0.1) is 0 Å². The number of benzene rings is 1. The van der Waals surface area contributed by atoms with Gasteiger partial charge in [0.25, 0.3) is 0 Å². The van der Waals surface area contributed by atoms with Crippen LogP contribution in [0.4, 0.5) is 0 Å². The Morgan fingerprint density at radius 2 is 2.40 bits per heavy atom. The Hall–Kier alpha value is -0.580. The van der Waals surface area contributed by atoms with Crippen molar-refractivity contribution in [1.29, 1.82) is 0 Å². The Bertz CT molecular complexity index is 343. The highest BCUT2D eigenvalue weighted by Crippen LogP contribution is 2.33. The monoisotopic (exact) mass is 271 g/mol. The lowest BCUT2D eigenvalue weighted by Crippen LogP contribution is -2.19. The predicted octanol–water partition coefficient (Wildman–Crippen LogP) is 2.81. The second kappa shape index (κ2) is 4.96. The van der Waals surface area contributed by atoms with E-state index in [0.717, 1.165) is 35.2 Å². The number of hydrogen-bond acceptors (Lipinski definition) is 3. The summed E-state index contributed by atoms with van der Waals surface area (Å²) < 4.78 is 6.73. The van der Waals surface area contributed by atoms with E-state index >= 15 is 0 Å². The Morgan fingerprint density at radius 3 is 3.20 bits per heavy atom. The summed E-state index contributed by atoms with van der Waals surface area (Å²) >= 11 is 3.47. The Labute approximate surface area is 97.8 Å². The molecule has 1 unspecified atom stereocenters. The summed E-state index contributed by atoms with van der Waals surface area (Å²) in [5.41, 5.74) is 4.16. The first-order valence-corrected chi connectivity index (χ1v) is 5.81. The molecule has 1 aromatic rings. The van der Waals surface area contributed by atoms with Crippen molar-refractivity contribution >= 4 is 15.9 Å². The predicted molar refractivity (Wildman–Crippen MR) is 61.8 cm³/mol. The molecule has 1 aromatic carbocycles. The molecular formula is C11H14BrNO2. The van der Waals surface area contributed by atoms with Crippen LogP contribution < -0.4 is 10.2 Å². The van der Waals surface area contributed by atoms with E-state index in [9.17, 15) is 0 Å². The van der Waals surface area contributed by atoms with Crippen molar-refractivity contribution in [2.75, 3.05) is 13.7 Å². The third-order valence-electron chi connectivity index (χ3n) is 2.50. The minimum atomic E-state index is 0.213. The van der Waals surface area contributed by atoms with Gasteiger partial charge in [-0.3, -0.25) is 0 Å². The van der Waals surface area contributed by atoms with Crippen molar-refractivity contribution in [2.45, 2.75) is 18.9 Å². The Balaban J connectivity index is 2.33. The highest BCUT2D eigenvalue weighted by molar-refractivity contribution is 9.10. The van der Waals surface area contributed by atoms with Crippen LogP contribution in [0.1, 0.15) is 24.4 Å². The second-order valence-electron chi connectivity index (χ2n) is 3.55. The van der Waals surface area contributed by atoms with Gasteiger partial charge in [-0.25, -0.2) is 0 Å². The van der Waals surface area contributed by atoms with Crippen LogP contribution in [0, 0.1) is 0 Å². The molecule has 0 spiro atoms. The van der Waals surface area contributed by atoms with Gasteiger partial charge in [-0.1, -0.05) is 15.9 Å². The molecule has 1 heterocycles. The molecule has 0 aliphatic carbocycles. The number of fused-ring (bicyclic) bond motifs is 1. The van der Waals surface area contributed by atoms with Crippen LogP contribution in [0.5, 0.6) is 5.75 Å². The van der Waals surface area contributed by atoms with Gasteiger partial charge in [-0.05, 0) is 31.0 Å². The lowest BCUT2D eigenvalue weighted by atomic mass is 10.0. The first kappa shape index (κ1) is 10.9. The number of halogens is 1. The molecule has 0 bridgehead atoms. The fraction of sp³-hybridized carbons (Fsp3) is 0.455. The van der Waals surface area contributed by atoms with Crippen LogP contribution in [-0.2, 0) is 4.84 Å². The van der Waals surface area contributed by atoms with Crippen LogP contribution in [0.15, 0.2) is 22.7 Å². The molecule has 0 fully saturated rings. The highest BCUT2D eigenvalue weighted by atomic mass is 79.9. The molecule has 4 heteroatoms. The van der Waals surface area contributed by atoms with Crippen LogP contribution in [0.25, 0.3) is 0 Å². The van der Waals surface area contributed by atoms with Crippen molar-refractivity contribution in [1.82, 2.24) is 5.48 Å². The van der Waals surface area contributed by atoms with Gasteiger partial charge in [0.15, 0.2) is 0 Å². The van der Waals surface area contributed by atoms with E-state index in [1.807, 2.05) is 12.1 Å². The minimum absolute atomic E-state index is 0.213. The van der Waals surface area contributed by atoms with E-state index in [1.165, 1.54) is 0 Å². The first-order valence-electron chi connectivity index (χ1n) is 5.02. The fourth-order valence-corrected chi connectivity index (χ4v) is 2.19. The van der Waals surface area contributed by atoms with Crippen LogP contribution in [0.3, 0.4) is 0 Å². The number of rotatable bonds is 2. The smallest absolute Gasteiger partial charge is 0.124 e. The zero-order valence-corrected chi connectivity index (χ0v) is 10.2. The highest BCUT2D eigenvalue weighted by Gasteiger charge is 2.19. The summed E-state index contributed by atoms with van der Waals surface area (Å²) in [6, 6.07) is 6.28. The molecule has 0 radical (unpaired) electrons. The minimum Gasteiger partial charge on any atom is -0.493 e. The van der Waals surface area contributed by atoms with Crippen molar-refractivity contribution in [3.05, 3.63) is 28.2 Å². The maximum atomic E-state index is 5.66. The molecule has 0 amide bonds. The van der Waals surface area contributed by atoms with Crippen molar-refractivity contribution in [2.24, 2.45) is 0 Å². The summed E-state index contributed by atoms with van der Waals surface area (Å²) in [7, 11) is 1.64. The normalized spacial score (nSPS) is 20.3. The summed E-state index contributed by atoms with van der Waals surface area (Å²) in [6.45, 7) is 0.774. The molecular weight excluding hydrogens is 258 g/mol. The maximum absolute atomic E-state index is 5.66. The van der Waals surface area contributed by atoms with Gasteiger partial charge in [-0.2, -0.15) is 5.48 Å². The van der Waals surface area contributed by atoms with E-state index < -0.39 is 0 Å². The third kappa shape index (κ3) is 2.51. The standard InChI is InChI=1S/C11H14BrNO2/c1-14-13-10-3-2-6-15-11-5-4-8(12)7-9(10)11/h4-5,7,10,13H,2-3,6H2,1H3. The number of ether oxygens (including phenoxy) is 1. The zero-order chi connectivity index (χ0) is 10.7. The van der Waals surface area contributed by atoms with Crippen LogP contribution >= 0.6 is 15.9 Å². The molecule has 3 nitrogen and oxygen atoms in total. The lowest BCUT2D eigenvalue weighted by molar-refractivity contribution is 0.0579. The number of hydrogen-bond donors (Lipinski definition) is 1. The van der Waals surface area contributed by atoms with Gasteiger partial charge >= 0.3 is 0 Å². The number of hydroxylamine groups is 1. The molecule has 0 saturated heterocycles. The quantitative estimate of drug-likeness (QED) is 0.840. The molecule has 2 rings (SSSR count). The molecule has 82 valence electrons.